The fraction of sp³-hybridized carbons (Fsp3) is 0.667. The first-order valence-corrected chi connectivity index (χ1v) is 11.3. The highest BCUT2D eigenvalue weighted by molar-refractivity contribution is 5.97. The Labute approximate surface area is 189 Å². The molecule has 1 aliphatic heterocycles. The summed E-state index contributed by atoms with van der Waals surface area (Å²) in [5, 5.41) is 31.7. The summed E-state index contributed by atoms with van der Waals surface area (Å²) in [6, 6.07) is 0. The Hall–Kier alpha value is -2.32. The third-order valence-electron chi connectivity index (χ3n) is 5.92. The number of carbonyl (C=O) groups excluding carboxylic acids is 3. The number of carboxylic acids is 1. The number of hydrogen-bond acceptors (Lipinski definition) is 6. The number of rotatable bonds is 14. The molecule has 0 aromatic rings. The lowest BCUT2D eigenvalue weighted by Crippen LogP contribution is -2.38. The topological polar surface area (TPSA) is 141 Å². The second-order valence-corrected chi connectivity index (χ2v) is 8.81. The number of amides is 2. The van der Waals surface area contributed by atoms with E-state index in [0.29, 0.717) is 50.5 Å². The summed E-state index contributed by atoms with van der Waals surface area (Å²) in [6.07, 6.45) is 6.39. The summed E-state index contributed by atoms with van der Waals surface area (Å²) < 4.78 is 0. The molecule has 0 aromatic carbocycles. The molecule has 8 nitrogen and oxygen atoms in total. The summed E-state index contributed by atoms with van der Waals surface area (Å²) in [5.41, 5.74) is 0.613. The second kappa shape index (κ2) is 14.0. The number of nitrogens with one attached hydrogen (secondary N) is 1. The fourth-order valence-electron chi connectivity index (χ4n) is 3.84. The second-order valence-electron chi connectivity index (χ2n) is 8.81. The molecular formula is C24H37NO7. The largest absolute Gasteiger partial charge is 0.481 e. The van der Waals surface area contributed by atoms with Crippen molar-refractivity contribution < 1.29 is 34.5 Å². The first-order chi connectivity index (χ1) is 15.0. The molecule has 1 aliphatic rings. The molecule has 0 aromatic heterocycles. The maximum Gasteiger partial charge on any atom is 0.303 e. The first kappa shape index (κ1) is 27.7. The van der Waals surface area contributed by atoms with Crippen LogP contribution in [-0.4, -0.2) is 51.1 Å². The van der Waals surface area contributed by atoms with Gasteiger partial charge >= 0.3 is 5.97 Å². The Morgan fingerprint density at radius 1 is 1.09 bits per heavy atom. The van der Waals surface area contributed by atoms with Gasteiger partial charge in [0.05, 0.1) is 12.2 Å². The Morgan fingerprint density at radius 2 is 1.72 bits per heavy atom. The highest BCUT2D eigenvalue weighted by Gasteiger charge is 2.26. The molecule has 1 fully saturated rings. The van der Waals surface area contributed by atoms with Crippen LogP contribution in [0.15, 0.2) is 23.8 Å². The number of imide groups is 1. The van der Waals surface area contributed by atoms with E-state index in [2.05, 4.69) is 5.32 Å². The SMILES string of the molecule is C/C(=C\[C@@H](C)C(=O)CCCC1CC(=O)NC(=O)C1)[C@H](O)[C@@H](C)[C@H](O)C/C=C/CCC(=O)O. The van der Waals surface area contributed by atoms with Crippen LogP contribution in [0, 0.1) is 17.8 Å². The van der Waals surface area contributed by atoms with Crippen molar-refractivity contribution >= 4 is 23.6 Å². The van der Waals surface area contributed by atoms with Gasteiger partial charge < -0.3 is 15.3 Å². The van der Waals surface area contributed by atoms with Gasteiger partial charge in [-0.2, -0.15) is 0 Å². The number of aliphatic hydroxyl groups is 2. The van der Waals surface area contributed by atoms with Gasteiger partial charge in [-0.15, -0.1) is 0 Å². The van der Waals surface area contributed by atoms with Crippen LogP contribution in [0.25, 0.3) is 0 Å². The Morgan fingerprint density at radius 3 is 2.31 bits per heavy atom. The predicted molar refractivity (Wildman–Crippen MR) is 119 cm³/mol. The lowest BCUT2D eigenvalue weighted by molar-refractivity contribution is -0.137. The molecule has 0 radical (unpaired) electrons. The third kappa shape index (κ3) is 10.3. The highest BCUT2D eigenvalue weighted by Crippen LogP contribution is 2.23. The van der Waals surface area contributed by atoms with Crippen LogP contribution in [0.2, 0.25) is 0 Å². The molecule has 1 saturated heterocycles. The minimum Gasteiger partial charge on any atom is -0.481 e. The van der Waals surface area contributed by atoms with Crippen LogP contribution >= 0.6 is 0 Å². The standard InChI is InChI=1S/C24H37NO7/c1-15(19(26)10-7-8-18-13-21(28)25-22(29)14-18)12-16(2)24(32)17(3)20(27)9-5-4-6-11-23(30)31/h4-5,12,15,17-18,20,24,27,32H,6-11,13-14H2,1-3H3,(H,30,31)(H,25,28,29)/b5-4+,16-12+/t15-,17+,20-,24+/m1/s1. The maximum atomic E-state index is 12.5. The number of piperidine rings is 1. The van der Waals surface area contributed by atoms with Gasteiger partial charge in [-0.25, -0.2) is 0 Å². The molecular weight excluding hydrogens is 414 g/mol. The van der Waals surface area contributed by atoms with E-state index in [4.69, 9.17) is 5.11 Å². The van der Waals surface area contributed by atoms with Crippen molar-refractivity contribution in [2.75, 3.05) is 0 Å². The summed E-state index contributed by atoms with van der Waals surface area (Å²) in [5.74, 6) is -2.22. The van der Waals surface area contributed by atoms with Crippen LogP contribution in [0.3, 0.4) is 0 Å². The minimum atomic E-state index is -0.903. The molecule has 4 N–H and O–H groups in total. The van der Waals surface area contributed by atoms with Crippen LogP contribution in [-0.2, 0) is 19.2 Å². The monoisotopic (exact) mass is 451 g/mol. The molecule has 0 bridgehead atoms. The van der Waals surface area contributed by atoms with Crippen LogP contribution in [0.5, 0.6) is 0 Å². The van der Waals surface area contributed by atoms with E-state index < -0.39 is 24.1 Å². The molecule has 1 rings (SSSR count). The molecule has 1 heterocycles. The molecule has 0 unspecified atom stereocenters. The number of hydrogen-bond donors (Lipinski definition) is 4. The third-order valence-corrected chi connectivity index (χ3v) is 5.92. The number of Topliss-reactive ketones (excluding diaryl/α,β-unsaturated/α-hetero) is 1. The number of allylic oxidation sites excluding steroid dienone is 2. The number of ketones is 1. The number of carbonyl (C=O) groups is 4. The van der Waals surface area contributed by atoms with E-state index in [-0.39, 0.29) is 35.9 Å². The van der Waals surface area contributed by atoms with Crippen molar-refractivity contribution in [1.29, 1.82) is 0 Å². The van der Waals surface area contributed by atoms with E-state index >= 15 is 0 Å². The molecule has 8 heteroatoms. The zero-order chi connectivity index (χ0) is 24.3. The van der Waals surface area contributed by atoms with Crippen molar-refractivity contribution in [2.45, 2.75) is 84.3 Å². The fourth-order valence-corrected chi connectivity index (χ4v) is 3.84. The average Bonchev–Trinajstić information content (AvgIpc) is 2.71. The normalized spacial score (nSPS) is 19.5. The van der Waals surface area contributed by atoms with Gasteiger partial charge in [0.25, 0.3) is 0 Å². The van der Waals surface area contributed by atoms with E-state index in [1.807, 2.05) is 0 Å². The molecule has 4 atom stereocenters. The van der Waals surface area contributed by atoms with Crippen molar-refractivity contribution in [3.8, 4) is 0 Å². The zero-order valence-electron chi connectivity index (χ0n) is 19.3. The van der Waals surface area contributed by atoms with E-state index in [9.17, 15) is 29.4 Å². The highest BCUT2D eigenvalue weighted by atomic mass is 16.4. The summed E-state index contributed by atoms with van der Waals surface area (Å²) in [6.45, 7) is 5.22. The van der Waals surface area contributed by atoms with Crippen LogP contribution in [0.4, 0.5) is 0 Å². The molecule has 0 aliphatic carbocycles. The molecule has 0 spiro atoms. The lowest BCUT2D eigenvalue weighted by Gasteiger charge is -2.24. The van der Waals surface area contributed by atoms with Gasteiger partial charge in [-0.1, -0.05) is 32.1 Å². The van der Waals surface area contributed by atoms with Gasteiger partial charge in [-0.05, 0) is 44.1 Å². The molecule has 180 valence electrons. The first-order valence-electron chi connectivity index (χ1n) is 11.3. The van der Waals surface area contributed by atoms with Crippen LogP contribution in [0.1, 0.15) is 72.1 Å². The van der Waals surface area contributed by atoms with Gasteiger partial charge in [0.2, 0.25) is 11.8 Å². The number of carboxylic acid groups (broad SMARTS) is 1. The average molecular weight is 452 g/mol. The van der Waals surface area contributed by atoms with Gasteiger partial charge in [0.1, 0.15) is 5.78 Å². The van der Waals surface area contributed by atoms with E-state index in [0.717, 1.165) is 0 Å². The molecule has 32 heavy (non-hydrogen) atoms. The van der Waals surface area contributed by atoms with Crippen molar-refractivity contribution in [3.05, 3.63) is 23.8 Å². The Kier molecular flexibility index (Phi) is 12.1. The maximum absolute atomic E-state index is 12.5. The lowest BCUT2D eigenvalue weighted by atomic mass is 9.88. The molecule has 2 amide bonds. The van der Waals surface area contributed by atoms with Crippen molar-refractivity contribution in [1.82, 2.24) is 5.32 Å². The van der Waals surface area contributed by atoms with Crippen LogP contribution < -0.4 is 5.32 Å². The predicted octanol–water partition coefficient (Wildman–Crippen LogP) is 2.53. The van der Waals surface area contributed by atoms with Crippen molar-refractivity contribution in [3.63, 3.8) is 0 Å². The number of aliphatic hydroxyl groups excluding tert-OH is 2. The van der Waals surface area contributed by atoms with Gasteiger partial charge in [0, 0.05) is 37.5 Å². The van der Waals surface area contributed by atoms with E-state index in [1.54, 1.807) is 39.0 Å². The zero-order valence-corrected chi connectivity index (χ0v) is 19.3. The Bertz CT molecular complexity index is 712. The van der Waals surface area contributed by atoms with E-state index in [1.165, 1.54) is 0 Å². The summed E-state index contributed by atoms with van der Waals surface area (Å²) >= 11 is 0. The molecule has 0 saturated carbocycles. The summed E-state index contributed by atoms with van der Waals surface area (Å²) in [7, 11) is 0. The summed E-state index contributed by atoms with van der Waals surface area (Å²) in [4.78, 5) is 45.8. The minimum absolute atomic E-state index is 0.0148. The van der Waals surface area contributed by atoms with Gasteiger partial charge in [0.15, 0.2) is 0 Å². The quantitative estimate of drug-likeness (QED) is 0.235. The Balaban J connectivity index is 2.45. The smallest absolute Gasteiger partial charge is 0.303 e. The van der Waals surface area contributed by atoms with Crippen molar-refractivity contribution in [2.24, 2.45) is 17.8 Å². The van der Waals surface area contributed by atoms with Gasteiger partial charge in [-0.3, -0.25) is 24.5 Å². The number of aliphatic carboxylic acids is 1.